The van der Waals surface area contributed by atoms with Crippen molar-refractivity contribution < 1.29 is 18.8 Å². The van der Waals surface area contributed by atoms with Crippen molar-refractivity contribution in [3.63, 3.8) is 0 Å². The van der Waals surface area contributed by atoms with Gasteiger partial charge in [0.2, 0.25) is 5.91 Å². The summed E-state index contributed by atoms with van der Waals surface area (Å²) in [6, 6.07) is 11.6. The van der Waals surface area contributed by atoms with Crippen molar-refractivity contribution in [2.24, 2.45) is 0 Å². The van der Waals surface area contributed by atoms with Gasteiger partial charge in [-0.1, -0.05) is 36.4 Å². The molecule has 130 valence electrons. The molecule has 3 amide bonds. The number of anilines is 1. The van der Waals surface area contributed by atoms with Crippen molar-refractivity contribution in [1.82, 2.24) is 10.6 Å². The fraction of sp³-hybridized carbons (Fsp3) is 0.167. The van der Waals surface area contributed by atoms with Gasteiger partial charge in [-0.15, -0.1) is 0 Å². The van der Waals surface area contributed by atoms with Crippen LogP contribution in [0.5, 0.6) is 0 Å². The second kappa shape index (κ2) is 8.05. The number of benzene rings is 2. The maximum absolute atomic E-state index is 13.5. The molecule has 2 aromatic rings. The minimum absolute atomic E-state index is 0.152. The Labute approximate surface area is 144 Å². The highest BCUT2D eigenvalue weighted by atomic mass is 19.1. The number of hydrogen-bond acceptors (Lipinski definition) is 3. The molecule has 0 radical (unpaired) electrons. The molecule has 6 nitrogen and oxygen atoms in total. The van der Waals surface area contributed by atoms with Crippen molar-refractivity contribution in [1.29, 1.82) is 0 Å². The van der Waals surface area contributed by atoms with Crippen LogP contribution < -0.4 is 16.0 Å². The second-order valence-corrected chi connectivity index (χ2v) is 5.35. The van der Waals surface area contributed by atoms with E-state index in [1.54, 1.807) is 37.3 Å². The molecule has 0 saturated carbocycles. The van der Waals surface area contributed by atoms with Crippen LogP contribution in [0, 0.1) is 12.7 Å². The third kappa shape index (κ3) is 4.63. The molecule has 25 heavy (non-hydrogen) atoms. The maximum Gasteiger partial charge on any atom is 0.313 e. The Bertz CT molecular complexity index is 793. The van der Waals surface area contributed by atoms with Gasteiger partial charge in [0.1, 0.15) is 11.9 Å². The molecule has 1 unspecified atom stereocenters. The molecule has 0 spiro atoms. The van der Waals surface area contributed by atoms with Crippen molar-refractivity contribution in [3.05, 3.63) is 65.5 Å². The normalized spacial score (nSPS) is 11.3. The number of amides is 3. The van der Waals surface area contributed by atoms with Crippen LogP contribution in [0.4, 0.5) is 10.1 Å². The van der Waals surface area contributed by atoms with Crippen LogP contribution in [-0.2, 0) is 14.4 Å². The van der Waals surface area contributed by atoms with Gasteiger partial charge in [-0.2, -0.15) is 0 Å². The number of likely N-dealkylation sites (N-methyl/N-ethyl adjacent to an activating group) is 1. The van der Waals surface area contributed by atoms with Gasteiger partial charge >= 0.3 is 11.8 Å². The Morgan fingerprint density at radius 1 is 1.00 bits per heavy atom. The number of carbonyl (C=O) groups excluding carboxylic acids is 3. The van der Waals surface area contributed by atoms with Crippen LogP contribution in [0.3, 0.4) is 0 Å². The van der Waals surface area contributed by atoms with E-state index in [4.69, 9.17) is 0 Å². The lowest BCUT2D eigenvalue weighted by Gasteiger charge is -2.17. The SMILES string of the molecule is CNC(=O)C(NC(=O)C(=O)Nc1ccc(C)c(F)c1)c1ccccc1. The minimum Gasteiger partial charge on any atom is -0.357 e. The van der Waals surface area contributed by atoms with Gasteiger partial charge in [0.15, 0.2) is 0 Å². The van der Waals surface area contributed by atoms with E-state index in [0.717, 1.165) is 6.07 Å². The smallest absolute Gasteiger partial charge is 0.313 e. The number of carbonyl (C=O) groups is 3. The fourth-order valence-electron chi connectivity index (χ4n) is 2.15. The number of nitrogens with one attached hydrogen (secondary N) is 3. The first kappa shape index (κ1) is 18.1. The van der Waals surface area contributed by atoms with E-state index in [1.807, 2.05) is 0 Å². The third-order valence-electron chi connectivity index (χ3n) is 3.55. The summed E-state index contributed by atoms with van der Waals surface area (Å²) in [4.78, 5) is 36.1. The van der Waals surface area contributed by atoms with Crippen LogP contribution in [0.2, 0.25) is 0 Å². The van der Waals surface area contributed by atoms with E-state index < -0.39 is 29.6 Å². The molecule has 7 heteroatoms. The lowest BCUT2D eigenvalue weighted by atomic mass is 10.1. The highest BCUT2D eigenvalue weighted by Gasteiger charge is 2.25. The molecule has 1 atom stereocenters. The zero-order chi connectivity index (χ0) is 18.4. The van der Waals surface area contributed by atoms with Gasteiger partial charge in [0.25, 0.3) is 0 Å². The quantitative estimate of drug-likeness (QED) is 0.738. The van der Waals surface area contributed by atoms with Gasteiger partial charge < -0.3 is 16.0 Å². The number of hydrogen-bond donors (Lipinski definition) is 3. The van der Waals surface area contributed by atoms with E-state index >= 15 is 0 Å². The summed E-state index contributed by atoms with van der Waals surface area (Å²) in [5.74, 6) is -2.95. The standard InChI is InChI=1S/C18H18FN3O3/c1-11-8-9-13(10-14(11)19)21-17(24)18(25)22-15(16(23)20-2)12-6-4-3-5-7-12/h3-10,15H,1-2H3,(H,20,23)(H,21,24)(H,22,25). The zero-order valence-corrected chi connectivity index (χ0v) is 13.8. The number of aryl methyl sites for hydroxylation is 1. The first-order chi connectivity index (χ1) is 11.9. The molecule has 2 rings (SSSR count). The lowest BCUT2D eigenvalue weighted by molar-refractivity contribution is -0.138. The average molecular weight is 343 g/mol. The van der Waals surface area contributed by atoms with Gasteiger partial charge in [0.05, 0.1) is 0 Å². The summed E-state index contributed by atoms with van der Waals surface area (Å²) in [6.07, 6.45) is 0. The molecule has 0 fully saturated rings. The van der Waals surface area contributed by atoms with E-state index in [9.17, 15) is 18.8 Å². The predicted molar refractivity (Wildman–Crippen MR) is 91.2 cm³/mol. The Morgan fingerprint density at radius 2 is 1.68 bits per heavy atom. The molecular weight excluding hydrogens is 325 g/mol. The van der Waals surface area contributed by atoms with Crippen molar-refractivity contribution in [2.75, 3.05) is 12.4 Å². The molecule has 3 N–H and O–H groups in total. The summed E-state index contributed by atoms with van der Waals surface area (Å²) in [7, 11) is 1.43. The van der Waals surface area contributed by atoms with Crippen LogP contribution in [0.25, 0.3) is 0 Å². The van der Waals surface area contributed by atoms with Gasteiger partial charge in [0, 0.05) is 12.7 Å². The molecule has 0 aromatic heterocycles. The Kier molecular flexibility index (Phi) is 5.84. The third-order valence-corrected chi connectivity index (χ3v) is 3.55. The summed E-state index contributed by atoms with van der Waals surface area (Å²) < 4.78 is 13.5. The first-order valence-electron chi connectivity index (χ1n) is 7.57. The van der Waals surface area contributed by atoms with Crippen LogP contribution in [0.15, 0.2) is 48.5 Å². The Balaban J connectivity index is 2.10. The lowest BCUT2D eigenvalue weighted by Crippen LogP contribution is -2.43. The van der Waals surface area contributed by atoms with Gasteiger partial charge in [-0.3, -0.25) is 14.4 Å². The molecule has 2 aromatic carbocycles. The highest BCUT2D eigenvalue weighted by Crippen LogP contribution is 2.15. The second-order valence-electron chi connectivity index (χ2n) is 5.35. The molecule has 0 aliphatic rings. The summed E-state index contributed by atoms with van der Waals surface area (Å²) >= 11 is 0. The topological polar surface area (TPSA) is 87.3 Å². The van der Waals surface area contributed by atoms with Crippen molar-refractivity contribution in [3.8, 4) is 0 Å². The average Bonchev–Trinajstić information content (AvgIpc) is 2.62. The molecule has 0 saturated heterocycles. The fourth-order valence-corrected chi connectivity index (χ4v) is 2.15. The summed E-state index contributed by atoms with van der Waals surface area (Å²) in [6.45, 7) is 1.58. The van der Waals surface area contributed by atoms with E-state index in [1.165, 1.54) is 19.2 Å². The van der Waals surface area contributed by atoms with Gasteiger partial charge in [-0.05, 0) is 30.2 Å². The maximum atomic E-state index is 13.5. The summed E-state index contributed by atoms with van der Waals surface area (Å²) in [5, 5.41) is 7.11. The first-order valence-corrected chi connectivity index (χ1v) is 7.57. The van der Waals surface area contributed by atoms with Crippen molar-refractivity contribution in [2.45, 2.75) is 13.0 Å². The molecule has 0 heterocycles. The Hall–Kier alpha value is -3.22. The van der Waals surface area contributed by atoms with Crippen LogP contribution >= 0.6 is 0 Å². The highest BCUT2D eigenvalue weighted by molar-refractivity contribution is 6.40. The predicted octanol–water partition coefficient (Wildman–Crippen LogP) is 1.68. The molecular formula is C18H18FN3O3. The monoisotopic (exact) mass is 343 g/mol. The Morgan fingerprint density at radius 3 is 2.28 bits per heavy atom. The molecule has 0 aliphatic carbocycles. The van der Waals surface area contributed by atoms with Gasteiger partial charge in [-0.25, -0.2) is 4.39 Å². The number of halogens is 1. The molecule has 0 aliphatic heterocycles. The van der Waals surface area contributed by atoms with Crippen molar-refractivity contribution >= 4 is 23.4 Å². The van der Waals surface area contributed by atoms with E-state index in [-0.39, 0.29) is 5.69 Å². The minimum atomic E-state index is -1.01. The van der Waals surface area contributed by atoms with E-state index in [2.05, 4.69) is 16.0 Å². The largest absolute Gasteiger partial charge is 0.357 e. The molecule has 0 bridgehead atoms. The summed E-state index contributed by atoms with van der Waals surface area (Å²) in [5.41, 5.74) is 1.11. The number of rotatable bonds is 4. The van der Waals surface area contributed by atoms with Crippen LogP contribution in [0.1, 0.15) is 17.2 Å². The van der Waals surface area contributed by atoms with Crippen LogP contribution in [-0.4, -0.2) is 24.8 Å². The van der Waals surface area contributed by atoms with E-state index in [0.29, 0.717) is 11.1 Å². The zero-order valence-electron chi connectivity index (χ0n) is 13.8.